The summed E-state index contributed by atoms with van der Waals surface area (Å²) in [5.74, 6) is 0.283. The maximum absolute atomic E-state index is 12.1. The van der Waals surface area contributed by atoms with Crippen LogP contribution in [0.1, 0.15) is 15.9 Å². The number of para-hydroxylation sites is 1. The molecule has 0 fully saturated rings. The van der Waals surface area contributed by atoms with Crippen LogP contribution in [0, 0.1) is 6.92 Å². The summed E-state index contributed by atoms with van der Waals surface area (Å²) in [6, 6.07) is 5.13. The topological polar surface area (TPSA) is 82.2 Å². The highest BCUT2D eigenvalue weighted by Crippen LogP contribution is 2.24. The Morgan fingerprint density at radius 2 is 2.30 bits per heavy atom. The Balaban J connectivity index is 1.95. The van der Waals surface area contributed by atoms with E-state index in [1.54, 1.807) is 29.1 Å². The molecular formula is C14H18N4O2. The molecule has 2 aromatic rings. The second kappa shape index (κ2) is 6.10. The summed E-state index contributed by atoms with van der Waals surface area (Å²) in [7, 11) is 1.52. The quantitative estimate of drug-likeness (QED) is 0.803. The number of rotatable bonds is 5. The van der Waals surface area contributed by atoms with Crippen LogP contribution in [0.4, 0.5) is 5.69 Å². The van der Waals surface area contributed by atoms with E-state index in [1.807, 2.05) is 13.1 Å². The Hall–Kier alpha value is -2.50. The van der Waals surface area contributed by atoms with Gasteiger partial charge in [0.1, 0.15) is 5.75 Å². The molecule has 0 aliphatic carbocycles. The van der Waals surface area contributed by atoms with Crippen molar-refractivity contribution < 1.29 is 9.53 Å². The molecule has 20 heavy (non-hydrogen) atoms. The monoisotopic (exact) mass is 274 g/mol. The lowest BCUT2D eigenvalue weighted by atomic mass is 10.1. The zero-order chi connectivity index (χ0) is 14.5. The fourth-order valence-corrected chi connectivity index (χ4v) is 1.89. The van der Waals surface area contributed by atoms with Crippen LogP contribution in [0.2, 0.25) is 0 Å². The first-order valence-electron chi connectivity index (χ1n) is 6.31. The SMILES string of the molecule is COc1cccc(C(=O)NCCn2cc(C)cn2)c1N. The second-order valence-corrected chi connectivity index (χ2v) is 4.46. The summed E-state index contributed by atoms with van der Waals surface area (Å²) in [6.45, 7) is 3.07. The number of nitrogens with one attached hydrogen (secondary N) is 1. The van der Waals surface area contributed by atoms with Crippen molar-refractivity contribution in [1.29, 1.82) is 0 Å². The van der Waals surface area contributed by atoms with Crippen LogP contribution < -0.4 is 15.8 Å². The molecule has 2 rings (SSSR count). The minimum absolute atomic E-state index is 0.217. The van der Waals surface area contributed by atoms with E-state index in [1.165, 1.54) is 7.11 Å². The summed E-state index contributed by atoms with van der Waals surface area (Å²) in [5, 5.41) is 6.96. The Labute approximate surface area is 117 Å². The first kappa shape index (κ1) is 13.9. The second-order valence-electron chi connectivity index (χ2n) is 4.46. The van der Waals surface area contributed by atoms with Crippen molar-refractivity contribution in [1.82, 2.24) is 15.1 Å². The van der Waals surface area contributed by atoms with Crippen LogP contribution in [0.25, 0.3) is 0 Å². The maximum atomic E-state index is 12.1. The number of carbonyl (C=O) groups excluding carboxylic acids is 1. The number of nitrogens with zero attached hydrogens (tertiary/aromatic N) is 2. The van der Waals surface area contributed by atoms with Crippen LogP contribution in [0.15, 0.2) is 30.6 Å². The van der Waals surface area contributed by atoms with Crippen LogP contribution in [0.3, 0.4) is 0 Å². The number of benzene rings is 1. The average molecular weight is 274 g/mol. The lowest BCUT2D eigenvalue weighted by Crippen LogP contribution is -2.28. The van der Waals surface area contributed by atoms with E-state index in [9.17, 15) is 4.79 Å². The third-order valence-electron chi connectivity index (χ3n) is 2.92. The molecule has 0 radical (unpaired) electrons. The van der Waals surface area contributed by atoms with Crippen molar-refractivity contribution >= 4 is 11.6 Å². The number of anilines is 1. The molecule has 0 saturated carbocycles. The molecule has 0 aliphatic heterocycles. The Bertz CT molecular complexity index is 607. The number of nitrogens with two attached hydrogens (primary N) is 1. The first-order chi connectivity index (χ1) is 9.61. The minimum Gasteiger partial charge on any atom is -0.495 e. The van der Waals surface area contributed by atoms with Gasteiger partial charge in [0.25, 0.3) is 5.91 Å². The normalized spacial score (nSPS) is 10.3. The maximum Gasteiger partial charge on any atom is 0.253 e. The van der Waals surface area contributed by atoms with Crippen molar-refractivity contribution in [3.05, 3.63) is 41.7 Å². The van der Waals surface area contributed by atoms with Gasteiger partial charge in [-0.2, -0.15) is 5.10 Å². The molecule has 1 aromatic heterocycles. The van der Waals surface area contributed by atoms with Gasteiger partial charge in [-0.15, -0.1) is 0 Å². The molecule has 0 unspecified atom stereocenters. The number of hydrogen-bond acceptors (Lipinski definition) is 4. The van der Waals surface area contributed by atoms with E-state index in [0.29, 0.717) is 30.1 Å². The largest absolute Gasteiger partial charge is 0.495 e. The number of hydrogen-bond donors (Lipinski definition) is 2. The average Bonchev–Trinajstić information content (AvgIpc) is 2.84. The van der Waals surface area contributed by atoms with Crippen molar-refractivity contribution in [3.8, 4) is 5.75 Å². The molecule has 0 atom stereocenters. The number of amides is 1. The Kier molecular flexibility index (Phi) is 4.24. The zero-order valence-corrected chi connectivity index (χ0v) is 11.6. The lowest BCUT2D eigenvalue weighted by molar-refractivity contribution is 0.0952. The van der Waals surface area contributed by atoms with Gasteiger partial charge in [-0.25, -0.2) is 0 Å². The number of nitrogen functional groups attached to an aromatic ring is 1. The third-order valence-corrected chi connectivity index (χ3v) is 2.92. The third kappa shape index (κ3) is 3.09. The highest BCUT2D eigenvalue weighted by molar-refractivity contribution is 6.00. The predicted octanol–water partition coefficient (Wildman–Crippen LogP) is 1.21. The molecule has 6 heteroatoms. The summed E-state index contributed by atoms with van der Waals surface area (Å²) in [4.78, 5) is 12.1. The van der Waals surface area contributed by atoms with Crippen LogP contribution in [-0.4, -0.2) is 29.3 Å². The predicted molar refractivity (Wildman–Crippen MR) is 76.7 cm³/mol. The smallest absolute Gasteiger partial charge is 0.253 e. The van der Waals surface area contributed by atoms with E-state index in [0.717, 1.165) is 5.56 Å². The number of aromatic nitrogens is 2. The molecule has 1 amide bonds. The van der Waals surface area contributed by atoms with Crippen molar-refractivity contribution in [2.75, 3.05) is 19.4 Å². The summed E-state index contributed by atoms with van der Waals surface area (Å²) >= 11 is 0. The van der Waals surface area contributed by atoms with E-state index in [4.69, 9.17) is 10.5 Å². The molecule has 1 aromatic carbocycles. The van der Waals surface area contributed by atoms with Crippen LogP contribution in [0.5, 0.6) is 5.75 Å². The molecule has 3 N–H and O–H groups in total. The zero-order valence-electron chi connectivity index (χ0n) is 11.6. The van der Waals surface area contributed by atoms with Gasteiger partial charge in [-0.3, -0.25) is 9.48 Å². The Morgan fingerprint density at radius 1 is 1.50 bits per heavy atom. The van der Waals surface area contributed by atoms with E-state index in [2.05, 4.69) is 10.4 Å². The van der Waals surface area contributed by atoms with Gasteiger partial charge in [0.15, 0.2) is 0 Å². The molecule has 0 spiro atoms. The fraction of sp³-hybridized carbons (Fsp3) is 0.286. The molecule has 0 bridgehead atoms. The molecular weight excluding hydrogens is 256 g/mol. The number of carbonyl (C=O) groups is 1. The number of aryl methyl sites for hydroxylation is 1. The van der Waals surface area contributed by atoms with E-state index in [-0.39, 0.29) is 5.91 Å². The summed E-state index contributed by atoms with van der Waals surface area (Å²) in [5.41, 5.74) is 7.74. The number of methoxy groups -OCH3 is 1. The molecule has 106 valence electrons. The van der Waals surface area contributed by atoms with E-state index < -0.39 is 0 Å². The molecule has 6 nitrogen and oxygen atoms in total. The van der Waals surface area contributed by atoms with Crippen LogP contribution >= 0.6 is 0 Å². The lowest BCUT2D eigenvalue weighted by Gasteiger charge is -2.10. The highest BCUT2D eigenvalue weighted by Gasteiger charge is 2.12. The van der Waals surface area contributed by atoms with Gasteiger partial charge >= 0.3 is 0 Å². The molecule has 1 heterocycles. The molecule has 0 aliphatic rings. The molecule has 0 saturated heterocycles. The fourth-order valence-electron chi connectivity index (χ4n) is 1.89. The summed E-state index contributed by atoms with van der Waals surface area (Å²) in [6.07, 6.45) is 3.70. The van der Waals surface area contributed by atoms with Gasteiger partial charge < -0.3 is 15.8 Å². The Morgan fingerprint density at radius 3 is 2.95 bits per heavy atom. The number of ether oxygens (including phenoxy) is 1. The first-order valence-corrected chi connectivity index (χ1v) is 6.31. The minimum atomic E-state index is -0.217. The van der Waals surface area contributed by atoms with Gasteiger partial charge in [0.2, 0.25) is 0 Å². The standard InChI is InChI=1S/C14H18N4O2/c1-10-8-17-18(9-10)7-6-16-14(19)11-4-3-5-12(20-2)13(11)15/h3-5,8-9H,6-7,15H2,1-2H3,(H,16,19). The van der Waals surface area contributed by atoms with Crippen molar-refractivity contribution in [2.24, 2.45) is 0 Å². The van der Waals surface area contributed by atoms with Crippen molar-refractivity contribution in [2.45, 2.75) is 13.5 Å². The van der Waals surface area contributed by atoms with Gasteiger partial charge in [0.05, 0.1) is 31.1 Å². The van der Waals surface area contributed by atoms with Gasteiger partial charge in [-0.05, 0) is 24.6 Å². The van der Waals surface area contributed by atoms with Crippen molar-refractivity contribution in [3.63, 3.8) is 0 Å². The van der Waals surface area contributed by atoms with Gasteiger partial charge in [0, 0.05) is 12.7 Å². The van der Waals surface area contributed by atoms with Crippen LogP contribution in [-0.2, 0) is 6.54 Å². The summed E-state index contributed by atoms with van der Waals surface area (Å²) < 4.78 is 6.88. The van der Waals surface area contributed by atoms with E-state index >= 15 is 0 Å². The van der Waals surface area contributed by atoms with Gasteiger partial charge in [-0.1, -0.05) is 6.07 Å². The highest BCUT2D eigenvalue weighted by atomic mass is 16.5.